The molecule has 1 aromatic carbocycles. The molecule has 0 aliphatic heterocycles. The van der Waals surface area contributed by atoms with Crippen LogP contribution in [-0.2, 0) is 6.54 Å². The van der Waals surface area contributed by atoms with Crippen molar-refractivity contribution in [3.8, 4) is 0 Å². The van der Waals surface area contributed by atoms with Crippen LogP contribution in [0.1, 0.15) is 42.3 Å². The minimum atomic E-state index is 0.358. The van der Waals surface area contributed by atoms with Crippen LogP contribution in [-0.4, -0.2) is 16.3 Å². The summed E-state index contributed by atoms with van der Waals surface area (Å²) in [5.41, 5.74) is 5.13. The van der Waals surface area contributed by atoms with E-state index < -0.39 is 0 Å². The van der Waals surface area contributed by atoms with Gasteiger partial charge in [0.2, 0.25) is 0 Å². The molecule has 19 heavy (non-hydrogen) atoms. The second kappa shape index (κ2) is 6.02. The van der Waals surface area contributed by atoms with Gasteiger partial charge in [-0.25, -0.2) is 0 Å². The molecule has 1 aromatic heterocycles. The molecule has 0 radical (unpaired) electrons. The van der Waals surface area contributed by atoms with E-state index in [9.17, 15) is 0 Å². The van der Waals surface area contributed by atoms with Gasteiger partial charge in [-0.2, -0.15) is 5.10 Å². The van der Waals surface area contributed by atoms with Crippen LogP contribution in [0, 0.1) is 13.8 Å². The van der Waals surface area contributed by atoms with Crippen molar-refractivity contribution in [1.29, 1.82) is 0 Å². The third-order valence-electron chi connectivity index (χ3n) is 3.53. The highest BCUT2D eigenvalue weighted by atomic mass is 15.3. The predicted molar refractivity (Wildman–Crippen MR) is 79.3 cm³/mol. The first kappa shape index (κ1) is 13.8. The summed E-state index contributed by atoms with van der Waals surface area (Å²) in [5, 5.41) is 7.96. The van der Waals surface area contributed by atoms with E-state index in [-0.39, 0.29) is 0 Å². The number of rotatable bonds is 5. The fourth-order valence-corrected chi connectivity index (χ4v) is 2.45. The van der Waals surface area contributed by atoms with Gasteiger partial charge in [-0.3, -0.25) is 4.68 Å². The molecule has 0 saturated heterocycles. The molecule has 3 nitrogen and oxygen atoms in total. The zero-order chi connectivity index (χ0) is 13.8. The van der Waals surface area contributed by atoms with Gasteiger partial charge in [-0.05, 0) is 32.9 Å². The van der Waals surface area contributed by atoms with Crippen molar-refractivity contribution < 1.29 is 0 Å². The van der Waals surface area contributed by atoms with E-state index in [1.165, 1.54) is 22.4 Å². The Morgan fingerprint density at radius 1 is 1.32 bits per heavy atom. The Morgan fingerprint density at radius 2 is 2.11 bits per heavy atom. The number of hydrogen-bond acceptors (Lipinski definition) is 2. The molecule has 3 heteroatoms. The number of benzene rings is 1. The molecule has 0 saturated carbocycles. The molecule has 0 bridgehead atoms. The van der Waals surface area contributed by atoms with Gasteiger partial charge in [0.25, 0.3) is 0 Å². The van der Waals surface area contributed by atoms with Crippen LogP contribution < -0.4 is 5.32 Å². The summed E-state index contributed by atoms with van der Waals surface area (Å²) >= 11 is 0. The highest BCUT2D eigenvalue weighted by molar-refractivity contribution is 5.25. The molecule has 0 fully saturated rings. The summed E-state index contributed by atoms with van der Waals surface area (Å²) in [4.78, 5) is 0. The molecule has 1 atom stereocenters. The molecule has 2 rings (SSSR count). The first-order valence-corrected chi connectivity index (χ1v) is 6.93. The lowest BCUT2D eigenvalue weighted by Gasteiger charge is -2.12. The number of hydrogen-bond donors (Lipinski definition) is 1. The summed E-state index contributed by atoms with van der Waals surface area (Å²) in [6.07, 6.45) is 1.98. The quantitative estimate of drug-likeness (QED) is 0.891. The molecular formula is C16H23N3. The van der Waals surface area contributed by atoms with Crippen molar-refractivity contribution in [2.75, 3.05) is 6.54 Å². The Hall–Kier alpha value is -1.61. The average Bonchev–Trinajstić information content (AvgIpc) is 2.71. The normalized spacial score (nSPS) is 12.6. The lowest BCUT2D eigenvalue weighted by atomic mass is 10.1. The Morgan fingerprint density at radius 3 is 2.79 bits per heavy atom. The van der Waals surface area contributed by atoms with E-state index in [1.54, 1.807) is 0 Å². The van der Waals surface area contributed by atoms with Crippen LogP contribution in [0.15, 0.2) is 30.5 Å². The second-order valence-electron chi connectivity index (χ2n) is 5.11. The maximum Gasteiger partial charge on any atom is 0.0662 e. The smallest absolute Gasteiger partial charge is 0.0662 e. The van der Waals surface area contributed by atoms with Crippen molar-refractivity contribution in [2.45, 2.75) is 40.3 Å². The Balaban J connectivity index is 2.18. The molecular weight excluding hydrogens is 234 g/mol. The van der Waals surface area contributed by atoms with Crippen molar-refractivity contribution >= 4 is 0 Å². The largest absolute Gasteiger partial charge is 0.310 e. The van der Waals surface area contributed by atoms with Gasteiger partial charge in [0, 0.05) is 17.3 Å². The van der Waals surface area contributed by atoms with Crippen molar-refractivity contribution in [3.63, 3.8) is 0 Å². The molecule has 0 spiro atoms. The maximum absolute atomic E-state index is 4.52. The molecule has 1 unspecified atom stereocenters. The number of nitrogens with zero attached hydrogens (tertiary/aromatic N) is 2. The third kappa shape index (κ3) is 3.24. The number of aromatic nitrogens is 2. The van der Waals surface area contributed by atoms with Crippen LogP contribution in [0.4, 0.5) is 0 Å². The van der Waals surface area contributed by atoms with Crippen LogP contribution in [0.5, 0.6) is 0 Å². The average molecular weight is 257 g/mol. The molecule has 102 valence electrons. The van der Waals surface area contributed by atoms with Gasteiger partial charge in [-0.15, -0.1) is 0 Å². The van der Waals surface area contributed by atoms with Gasteiger partial charge >= 0.3 is 0 Å². The monoisotopic (exact) mass is 257 g/mol. The van der Waals surface area contributed by atoms with Crippen LogP contribution in [0.2, 0.25) is 0 Å². The minimum absolute atomic E-state index is 0.358. The highest BCUT2D eigenvalue weighted by Gasteiger charge is 2.12. The maximum atomic E-state index is 4.52. The van der Waals surface area contributed by atoms with Gasteiger partial charge in [0.05, 0.1) is 12.7 Å². The topological polar surface area (TPSA) is 29.9 Å². The Labute approximate surface area is 115 Å². The van der Waals surface area contributed by atoms with E-state index in [0.29, 0.717) is 6.04 Å². The van der Waals surface area contributed by atoms with Crippen molar-refractivity contribution in [3.05, 3.63) is 52.8 Å². The standard InChI is InChI=1S/C16H23N3/c1-5-17-13(3)16-10-18-19(14(16)4)11-15-8-6-7-12(2)9-15/h6-10,13,17H,5,11H2,1-4H3. The first-order valence-electron chi connectivity index (χ1n) is 6.93. The third-order valence-corrected chi connectivity index (χ3v) is 3.53. The van der Waals surface area contributed by atoms with Crippen molar-refractivity contribution in [1.82, 2.24) is 15.1 Å². The molecule has 1 N–H and O–H groups in total. The fraction of sp³-hybridized carbons (Fsp3) is 0.438. The summed E-state index contributed by atoms with van der Waals surface area (Å²) in [7, 11) is 0. The van der Waals surface area contributed by atoms with Crippen molar-refractivity contribution in [2.24, 2.45) is 0 Å². The lowest BCUT2D eigenvalue weighted by Crippen LogP contribution is -2.18. The summed E-state index contributed by atoms with van der Waals surface area (Å²) in [6, 6.07) is 8.95. The van der Waals surface area contributed by atoms with Gasteiger partial charge in [-0.1, -0.05) is 36.8 Å². The molecule has 1 heterocycles. The van der Waals surface area contributed by atoms with Gasteiger partial charge in [0.15, 0.2) is 0 Å². The van der Waals surface area contributed by atoms with Gasteiger partial charge in [0.1, 0.15) is 0 Å². The number of nitrogens with one attached hydrogen (secondary N) is 1. The van der Waals surface area contributed by atoms with Crippen LogP contribution >= 0.6 is 0 Å². The van der Waals surface area contributed by atoms with Crippen LogP contribution in [0.25, 0.3) is 0 Å². The van der Waals surface area contributed by atoms with E-state index in [0.717, 1.165) is 13.1 Å². The zero-order valence-corrected chi connectivity index (χ0v) is 12.3. The summed E-state index contributed by atoms with van der Waals surface area (Å²) < 4.78 is 2.08. The van der Waals surface area contributed by atoms with E-state index in [1.807, 2.05) is 6.20 Å². The number of aryl methyl sites for hydroxylation is 1. The summed E-state index contributed by atoms with van der Waals surface area (Å²) in [5.74, 6) is 0. The molecule has 0 amide bonds. The minimum Gasteiger partial charge on any atom is -0.310 e. The Kier molecular flexibility index (Phi) is 4.38. The predicted octanol–water partition coefficient (Wildman–Crippen LogP) is 3.22. The SMILES string of the molecule is CCNC(C)c1cnn(Cc2cccc(C)c2)c1C. The second-order valence-corrected chi connectivity index (χ2v) is 5.11. The molecule has 0 aliphatic carbocycles. The summed E-state index contributed by atoms with van der Waals surface area (Å²) in [6.45, 7) is 10.4. The first-order chi connectivity index (χ1) is 9.11. The fourth-order valence-electron chi connectivity index (χ4n) is 2.45. The lowest BCUT2D eigenvalue weighted by molar-refractivity contribution is 0.590. The van der Waals surface area contributed by atoms with E-state index in [4.69, 9.17) is 0 Å². The van der Waals surface area contributed by atoms with Crippen LogP contribution in [0.3, 0.4) is 0 Å². The van der Waals surface area contributed by atoms with E-state index in [2.05, 4.69) is 67.1 Å². The Bertz CT molecular complexity index is 543. The highest BCUT2D eigenvalue weighted by Crippen LogP contribution is 2.17. The van der Waals surface area contributed by atoms with Gasteiger partial charge < -0.3 is 5.32 Å². The van der Waals surface area contributed by atoms with E-state index >= 15 is 0 Å². The molecule has 2 aromatic rings. The zero-order valence-electron chi connectivity index (χ0n) is 12.3. The molecule has 0 aliphatic rings.